The molecule has 0 spiro atoms. The van der Waals surface area contributed by atoms with Crippen molar-refractivity contribution in [1.29, 1.82) is 5.26 Å². The maximum atomic E-state index is 12.1. The van der Waals surface area contributed by atoms with Gasteiger partial charge < -0.3 is 20.5 Å². The molecule has 0 saturated heterocycles. The van der Waals surface area contributed by atoms with Crippen molar-refractivity contribution in [2.45, 2.75) is 31.7 Å². The van der Waals surface area contributed by atoms with Crippen LogP contribution in [0.1, 0.15) is 31.4 Å². The number of anilines is 1. The van der Waals surface area contributed by atoms with Crippen molar-refractivity contribution in [3.63, 3.8) is 0 Å². The molecule has 1 saturated carbocycles. The fourth-order valence-electron chi connectivity index (χ4n) is 3.12. The standard InChI is InChI=1S/C20H20N4O4/c21-12-16-11-18(9-10-22-16)28-17-7-5-15(6-8-17)24-20(27)23-14-3-1-13(2-4-14)19(25)26/h5-11,13-14H,1-4H2,(H,25,26)(H2,23,24,27). The highest BCUT2D eigenvalue weighted by Crippen LogP contribution is 2.25. The topological polar surface area (TPSA) is 124 Å². The summed E-state index contributed by atoms with van der Waals surface area (Å²) in [4.78, 5) is 27.0. The highest BCUT2D eigenvalue weighted by molar-refractivity contribution is 5.89. The number of hydrogen-bond acceptors (Lipinski definition) is 5. The van der Waals surface area contributed by atoms with Crippen LogP contribution in [0.3, 0.4) is 0 Å². The maximum Gasteiger partial charge on any atom is 0.319 e. The minimum absolute atomic E-state index is 0.0146. The molecule has 1 fully saturated rings. The molecule has 0 aliphatic heterocycles. The minimum Gasteiger partial charge on any atom is -0.481 e. The van der Waals surface area contributed by atoms with E-state index in [0.29, 0.717) is 42.9 Å². The normalized spacial score (nSPS) is 18.5. The molecule has 0 radical (unpaired) electrons. The van der Waals surface area contributed by atoms with Crippen LogP contribution in [0, 0.1) is 17.2 Å². The van der Waals surface area contributed by atoms with Crippen LogP contribution in [0.25, 0.3) is 0 Å². The van der Waals surface area contributed by atoms with Gasteiger partial charge in [-0.05, 0) is 56.0 Å². The molecule has 2 aromatic rings. The number of pyridine rings is 1. The van der Waals surface area contributed by atoms with Crippen LogP contribution in [0.5, 0.6) is 11.5 Å². The highest BCUT2D eigenvalue weighted by atomic mass is 16.5. The van der Waals surface area contributed by atoms with E-state index >= 15 is 0 Å². The van der Waals surface area contributed by atoms with Gasteiger partial charge in [0.05, 0.1) is 5.92 Å². The van der Waals surface area contributed by atoms with Gasteiger partial charge >= 0.3 is 12.0 Å². The molecule has 1 heterocycles. The van der Waals surface area contributed by atoms with Gasteiger partial charge in [0.25, 0.3) is 0 Å². The summed E-state index contributed by atoms with van der Waals surface area (Å²) in [6.07, 6.45) is 3.98. The second kappa shape index (κ2) is 8.86. The number of hydrogen-bond donors (Lipinski definition) is 3. The summed E-state index contributed by atoms with van der Waals surface area (Å²) < 4.78 is 5.66. The third kappa shape index (κ3) is 5.20. The molecule has 3 N–H and O–H groups in total. The van der Waals surface area contributed by atoms with Crippen LogP contribution >= 0.6 is 0 Å². The van der Waals surface area contributed by atoms with Gasteiger partial charge in [-0.1, -0.05) is 0 Å². The first-order chi connectivity index (χ1) is 13.5. The Morgan fingerprint density at radius 2 is 1.82 bits per heavy atom. The summed E-state index contributed by atoms with van der Waals surface area (Å²) in [6, 6.07) is 11.6. The molecule has 1 aromatic carbocycles. The Morgan fingerprint density at radius 1 is 1.11 bits per heavy atom. The van der Waals surface area contributed by atoms with Crippen LogP contribution in [-0.2, 0) is 4.79 Å². The average Bonchev–Trinajstić information content (AvgIpc) is 2.70. The largest absolute Gasteiger partial charge is 0.481 e. The lowest BCUT2D eigenvalue weighted by atomic mass is 9.86. The van der Waals surface area contributed by atoms with Crippen molar-refractivity contribution < 1.29 is 19.4 Å². The molecule has 1 aliphatic rings. The zero-order chi connectivity index (χ0) is 19.9. The predicted octanol–water partition coefficient (Wildman–Crippen LogP) is 3.51. The second-order valence-corrected chi connectivity index (χ2v) is 6.60. The molecular weight excluding hydrogens is 360 g/mol. The van der Waals surface area contributed by atoms with E-state index in [0.717, 1.165) is 0 Å². The smallest absolute Gasteiger partial charge is 0.319 e. The summed E-state index contributed by atoms with van der Waals surface area (Å²) in [5.41, 5.74) is 0.876. The van der Waals surface area contributed by atoms with Gasteiger partial charge in [0.1, 0.15) is 23.3 Å². The van der Waals surface area contributed by atoms with Crippen LogP contribution in [-0.4, -0.2) is 28.1 Å². The maximum absolute atomic E-state index is 12.1. The van der Waals surface area contributed by atoms with E-state index in [1.165, 1.54) is 6.20 Å². The number of carbonyl (C=O) groups excluding carboxylic acids is 1. The Hall–Kier alpha value is -3.60. The Balaban J connectivity index is 1.49. The number of carbonyl (C=O) groups is 2. The van der Waals surface area contributed by atoms with Crippen LogP contribution < -0.4 is 15.4 Å². The summed E-state index contributed by atoms with van der Waals surface area (Å²) in [5, 5.41) is 23.5. The quantitative estimate of drug-likeness (QED) is 0.729. The number of nitriles is 1. The highest BCUT2D eigenvalue weighted by Gasteiger charge is 2.26. The lowest BCUT2D eigenvalue weighted by Gasteiger charge is -2.26. The first-order valence-electron chi connectivity index (χ1n) is 8.98. The van der Waals surface area contributed by atoms with Crippen LogP contribution in [0.2, 0.25) is 0 Å². The van der Waals surface area contributed by atoms with E-state index in [9.17, 15) is 9.59 Å². The van der Waals surface area contributed by atoms with E-state index in [2.05, 4.69) is 15.6 Å². The molecule has 3 rings (SSSR count). The van der Waals surface area contributed by atoms with Crippen molar-refractivity contribution >= 4 is 17.7 Å². The second-order valence-electron chi connectivity index (χ2n) is 6.60. The number of nitrogens with one attached hydrogen (secondary N) is 2. The van der Waals surface area contributed by atoms with Gasteiger partial charge in [0, 0.05) is 24.0 Å². The third-order valence-corrected chi connectivity index (χ3v) is 4.61. The molecule has 8 heteroatoms. The number of benzene rings is 1. The predicted molar refractivity (Wildman–Crippen MR) is 101 cm³/mol. The first-order valence-corrected chi connectivity index (χ1v) is 8.98. The van der Waals surface area contributed by atoms with Crippen LogP contribution in [0.15, 0.2) is 42.6 Å². The number of carboxylic acids is 1. The number of carboxylic acid groups (broad SMARTS) is 1. The van der Waals surface area contributed by atoms with Gasteiger partial charge in [0.2, 0.25) is 0 Å². The van der Waals surface area contributed by atoms with Crippen molar-refractivity contribution in [2.75, 3.05) is 5.32 Å². The van der Waals surface area contributed by atoms with Gasteiger partial charge in [-0.2, -0.15) is 5.26 Å². The summed E-state index contributed by atoms with van der Waals surface area (Å²) in [5.74, 6) is -0.00544. The SMILES string of the molecule is N#Cc1cc(Oc2ccc(NC(=O)NC3CCC(C(=O)O)CC3)cc2)ccn1. The van der Waals surface area contributed by atoms with Gasteiger partial charge in [-0.3, -0.25) is 4.79 Å². The lowest BCUT2D eigenvalue weighted by molar-refractivity contribution is -0.142. The van der Waals surface area contributed by atoms with Crippen molar-refractivity contribution in [3.05, 3.63) is 48.3 Å². The third-order valence-electron chi connectivity index (χ3n) is 4.61. The van der Waals surface area contributed by atoms with Gasteiger partial charge in [-0.25, -0.2) is 9.78 Å². The van der Waals surface area contributed by atoms with Crippen molar-refractivity contribution in [1.82, 2.24) is 10.3 Å². The Labute approximate surface area is 162 Å². The van der Waals surface area contributed by atoms with E-state index in [4.69, 9.17) is 15.1 Å². The molecule has 1 aromatic heterocycles. The number of aliphatic carboxylic acids is 1. The molecular formula is C20H20N4O4. The number of nitrogens with zero attached hydrogens (tertiary/aromatic N) is 2. The van der Waals surface area contributed by atoms with Gasteiger partial charge in [-0.15, -0.1) is 0 Å². The molecule has 1 aliphatic carbocycles. The lowest BCUT2D eigenvalue weighted by Crippen LogP contribution is -2.40. The average molecular weight is 380 g/mol. The minimum atomic E-state index is -0.763. The Bertz CT molecular complexity index is 884. The van der Waals surface area contributed by atoms with E-state index in [1.54, 1.807) is 36.4 Å². The molecule has 8 nitrogen and oxygen atoms in total. The fourth-order valence-corrected chi connectivity index (χ4v) is 3.12. The van der Waals surface area contributed by atoms with E-state index in [1.807, 2.05) is 6.07 Å². The summed E-state index contributed by atoms with van der Waals surface area (Å²) >= 11 is 0. The zero-order valence-electron chi connectivity index (χ0n) is 15.1. The van der Waals surface area contributed by atoms with Gasteiger partial charge in [0.15, 0.2) is 0 Å². The number of urea groups is 1. The molecule has 0 unspecified atom stereocenters. The Kier molecular flexibility index (Phi) is 6.07. The van der Waals surface area contributed by atoms with Crippen molar-refractivity contribution in [2.24, 2.45) is 5.92 Å². The first kappa shape index (κ1) is 19.2. The zero-order valence-corrected chi connectivity index (χ0v) is 15.1. The monoisotopic (exact) mass is 380 g/mol. The molecule has 28 heavy (non-hydrogen) atoms. The number of ether oxygens (including phenoxy) is 1. The number of amides is 2. The Morgan fingerprint density at radius 3 is 2.46 bits per heavy atom. The van der Waals surface area contributed by atoms with Crippen LogP contribution in [0.4, 0.5) is 10.5 Å². The molecule has 144 valence electrons. The van der Waals surface area contributed by atoms with E-state index < -0.39 is 5.97 Å². The number of aromatic nitrogens is 1. The molecule has 0 atom stereocenters. The fraction of sp³-hybridized carbons (Fsp3) is 0.300. The summed E-state index contributed by atoms with van der Waals surface area (Å²) in [6.45, 7) is 0. The number of rotatable bonds is 5. The molecule has 0 bridgehead atoms. The van der Waals surface area contributed by atoms with Crippen molar-refractivity contribution in [3.8, 4) is 17.6 Å². The summed E-state index contributed by atoms with van der Waals surface area (Å²) in [7, 11) is 0. The molecule has 2 amide bonds. The van der Waals surface area contributed by atoms with E-state index in [-0.39, 0.29) is 23.7 Å².